The van der Waals surface area contributed by atoms with E-state index in [1.807, 2.05) is 109 Å². The summed E-state index contributed by atoms with van der Waals surface area (Å²) in [5.74, 6) is 0.810. The molecule has 202 valence electrons. The average molecular weight is 792 g/mol. The Morgan fingerprint density at radius 3 is 2.17 bits per heavy atom. The van der Waals surface area contributed by atoms with Gasteiger partial charge in [0.15, 0.2) is 0 Å². The Balaban J connectivity index is 0.000000172. The maximum atomic E-state index is 5.92. The van der Waals surface area contributed by atoms with Crippen molar-refractivity contribution in [2.45, 2.75) is 6.61 Å². The quantitative estimate of drug-likeness (QED) is 0.165. The van der Waals surface area contributed by atoms with E-state index in [-0.39, 0.29) is 52.8 Å². The molecule has 0 N–H and O–H groups in total. The van der Waals surface area contributed by atoms with E-state index in [0.717, 1.165) is 55.9 Å². The summed E-state index contributed by atoms with van der Waals surface area (Å²) in [7, 11) is 0. The van der Waals surface area contributed by atoms with Crippen LogP contribution in [0, 0.1) is 24.3 Å². The molecule has 7 aromatic rings. The molecule has 3 heterocycles. The molecule has 0 aliphatic carbocycles. The zero-order valence-electron chi connectivity index (χ0n) is 22.5. The normalized spacial score (nSPS) is 11.0. The summed E-state index contributed by atoms with van der Waals surface area (Å²) >= 11 is 0. The van der Waals surface area contributed by atoms with Crippen LogP contribution in [0.15, 0.2) is 121 Å². The molecule has 0 amide bonds. The van der Waals surface area contributed by atoms with Gasteiger partial charge < -0.3 is 14.7 Å². The molecule has 0 spiro atoms. The zero-order valence-corrected chi connectivity index (χ0v) is 27.7. The summed E-state index contributed by atoms with van der Waals surface area (Å²) in [6.45, 7) is 0.486. The van der Waals surface area contributed by atoms with E-state index in [1.54, 1.807) is 0 Å². The van der Waals surface area contributed by atoms with Crippen molar-refractivity contribution >= 4 is 21.7 Å². The second kappa shape index (κ2) is 13.6. The molecule has 0 unspecified atom stereocenters. The first-order chi connectivity index (χ1) is 19.8. The molecule has 5 aromatic carbocycles. The molecule has 0 atom stereocenters. The Kier molecular flexibility index (Phi) is 9.72. The second-order valence-corrected chi connectivity index (χ2v) is 9.43. The molecule has 8 rings (SSSR count). The Bertz CT molecular complexity index is 1960. The van der Waals surface area contributed by atoms with E-state index in [2.05, 4.69) is 41.4 Å². The number of fused-ring (bicyclic) bond motifs is 5. The number of pyridine rings is 2. The first-order valence-corrected chi connectivity index (χ1v) is 13.1. The Labute approximate surface area is 284 Å². The third-order valence-corrected chi connectivity index (χ3v) is 6.88. The van der Waals surface area contributed by atoms with Crippen LogP contribution in [-0.2, 0) is 59.4 Å². The van der Waals surface area contributed by atoms with Crippen molar-refractivity contribution in [2.75, 3.05) is 0 Å². The van der Waals surface area contributed by atoms with E-state index >= 15 is 0 Å². The predicted molar refractivity (Wildman–Crippen MR) is 159 cm³/mol. The fourth-order valence-electron chi connectivity index (χ4n) is 4.93. The monoisotopic (exact) mass is 792 g/mol. The predicted octanol–water partition coefficient (Wildman–Crippen LogP) is 8.56. The summed E-state index contributed by atoms with van der Waals surface area (Å²) in [5, 5.41) is 3.47. The van der Waals surface area contributed by atoms with Crippen LogP contribution in [0.25, 0.3) is 55.3 Å². The molecule has 1 aliphatic rings. The number of hydrogen-bond donors (Lipinski definition) is 0. The van der Waals surface area contributed by atoms with Gasteiger partial charge in [-0.05, 0) is 40.4 Å². The molecule has 0 saturated carbocycles. The molecule has 0 bridgehead atoms. The van der Waals surface area contributed by atoms with Crippen LogP contribution in [0.3, 0.4) is 0 Å². The van der Waals surface area contributed by atoms with Crippen molar-refractivity contribution in [3.63, 3.8) is 0 Å². The molecule has 2 aromatic heterocycles. The largest absolute Gasteiger partial charge is 0.508 e. The minimum atomic E-state index is 0. The van der Waals surface area contributed by atoms with Crippen LogP contribution in [0.4, 0.5) is 0 Å². The Morgan fingerprint density at radius 2 is 1.38 bits per heavy atom. The minimum Gasteiger partial charge on any atom is -0.508 e. The summed E-state index contributed by atoms with van der Waals surface area (Å²) in [5.41, 5.74) is 7.78. The molecular weight excluding hydrogens is 770 g/mol. The maximum Gasteiger partial charge on any atom is 0.0943 e. The third kappa shape index (κ3) is 6.14. The summed E-state index contributed by atoms with van der Waals surface area (Å²) in [6, 6.07) is 51.5. The van der Waals surface area contributed by atoms with Gasteiger partial charge in [-0.1, -0.05) is 42.5 Å². The minimum absolute atomic E-state index is 0. The third-order valence-electron chi connectivity index (χ3n) is 6.88. The van der Waals surface area contributed by atoms with E-state index in [4.69, 9.17) is 9.72 Å². The van der Waals surface area contributed by atoms with Crippen molar-refractivity contribution in [3.05, 3.63) is 151 Å². The van der Waals surface area contributed by atoms with Gasteiger partial charge in [0.05, 0.1) is 17.9 Å². The number of benzene rings is 5. The molecular formula is C37H22IrN2OY-4. The first-order valence-electron chi connectivity index (χ1n) is 13.1. The van der Waals surface area contributed by atoms with Gasteiger partial charge in [-0.2, -0.15) is 35.4 Å². The van der Waals surface area contributed by atoms with Gasteiger partial charge in [0.25, 0.3) is 0 Å². The maximum absolute atomic E-state index is 5.92. The average Bonchev–Trinajstić information content (AvgIpc) is 3.04. The number of ether oxygens (including phenoxy) is 1. The van der Waals surface area contributed by atoms with E-state index < -0.39 is 0 Å². The van der Waals surface area contributed by atoms with Gasteiger partial charge in [0.2, 0.25) is 0 Å². The van der Waals surface area contributed by atoms with Gasteiger partial charge in [0.1, 0.15) is 0 Å². The number of aromatic nitrogens is 2. The molecule has 5 heteroatoms. The van der Waals surface area contributed by atoms with Crippen molar-refractivity contribution < 1.29 is 57.6 Å². The van der Waals surface area contributed by atoms with E-state index in [1.165, 1.54) is 10.8 Å². The fourth-order valence-corrected chi connectivity index (χ4v) is 4.93. The number of para-hydroxylation sites is 1. The smallest absolute Gasteiger partial charge is 0.0943 e. The van der Waals surface area contributed by atoms with E-state index in [0.29, 0.717) is 6.61 Å². The zero-order chi connectivity index (χ0) is 26.7. The van der Waals surface area contributed by atoms with Crippen molar-refractivity contribution in [2.24, 2.45) is 0 Å². The molecule has 0 saturated heterocycles. The topological polar surface area (TPSA) is 35.0 Å². The van der Waals surface area contributed by atoms with Crippen molar-refractivity contribution in [1.29, 1.82) is 0 Å². The molecule has 3 nitrogen and oxygen atoms in total. The first kappa shape index (κ1) is 29.9. The number of nitrogens with zero attached hydrogens (tertiary/aromatic N) is 2. The Morgan fingerprint density at radius 1 is 0.667 bits per heavy atom. The summed E-state index contributed by atoms with van der Waals surface area (Å²) in [4.78, 5) is 9.22. The van der Waals surface area contributed by atoms with Crippen LogP contribution in [0.1, 0.15) is 5.56 Å². The second-order valence-electron chi connectivity index (χ2n) is 9.43. The SMILES string of the molecule is [Ir].[Y].[c-]1ccccc1-c1[c-]c2c([c-]c1)-c1nc3ccccc3cc1OC2.[c-]1ccccc1-c1nccc2ccccc12. The van der Waals surface area contributed by atoms with Gasteiger partial charge in [-0.25, -0.2) is 29.3 Å². The van der Waals surface area contributed by atoms with Crippen LogP contribution >= 0.6 is 0 Å². The van der Waals surface area contributed by atoms with Gasteiger partial charge in [-0.3, -0.25) is 0 Å². The molecule has 2 radical (unpaired) electrons. The molecule has 0 fully saturated rings. The van der Waals surface area contributed by atoms with Crippen LogP contribution in [-0.4, -0.2) is 9.97 Å². The van der Waals surface area contributed by atoms with Gasteiger partial charge in [0, 0.05) is 64.4 Å². The van der Waals surface area contributed by atoms with Crippen molar-refractivity contribution in [1.82, 2.24) is 9.97 Å². The summed E-state index contributed by atoms with van der Waals surface area (Å²) < 4.78 is 5.92. The summed E-state index contributed by atoms with van der Waals surface area (Å²) in [6.07, 6.45) is 1.85. The van der Waals surface area contributed by atoms with Crippen LogP contribution in [0.5, 0.6) is 5.75 Å². The number of hydrogen-bond acceptors (Lipinski definition) is 3. The van der Waals surface area contributed by atoms with Gasteiger partial charge >= 0.3 is 0 Å². The molecule has 42 heavy (non-hydrogen) atoms. The van der Waals surface area contributed by atoms with Crippen LogP contribution in [0.2, 0.25) is 0 Å². The van der Waals surface area contributed by atoms with Gasteiger partial charge in [-0.15, -0.1) is 42.0 Å². The fraction of sp³-hybridized carbons (Fsp3) is 0.0270. The molecule has 1 aliphatic heterocycles. The Hall–Kier alpha value is -3.53. The van der Waals surface area contributed by atoms with Crippen molar-refractivity contribution in [3.8, 4) is 39.4 Å². The standard InChI is InChI=1S/C22H12NO.C15H10N.Ir.Y/c1-2-6-15(7-3-1)16-10-11-19-18(12-16)14-24-21-13-17-8-4-5-9-20(17)23-22(19)21;1-2-7-13(8-3-1)15-14-9-5-4-6-12(14)10-11-16-15;;/h1-6,8-10,13H,14H2;1-7,9-11H;;/q-3;-1;;. The van der Waals surface area contributed by atoms with E-state index in [9.17, 15) is 0 Å². The number of rotatable bonds is 2. The van der Waals surface area contributed by atoms with Crippen LogP contribution < -0.4 is 4.74 Å².